The summed E-state index contributed by atoms with van der Waals surface area (Å²) < 4.78 is 42.0. The second-order valence-electron chi connectivity index (χ2n) is 4.56. The van der Waals surface area contributed by atoms with Gasteiger partial charge in [0.2, 0.25) is 0 Å². The van der Waals surface area contributed by atoms with Crippen LogP contribution >= 0.6 is 11.8 Å². The summed E-state index contributed by atoms with van der Waals surface area (Å²) in [5.41, 5.74) is 2.37. The Morgan fingerprint density at radius 2 is 1.95 bits per heavy atom. The highest BCUT2D eigenvalue weighted by Crippen LogP contribution is 2.32. The number of aryl methyl sites for hydroxylation is 2. The van der Waals surface area contributed by atoms with E-state index in [0.717, 1.165) is 23.0 Å². The van der Waals surface area contributed by atoms with E-state index in [9.17, 15) is 13.2 Å². The molecule has 0 atom stereocenters. The maximum atomic E-state index is 12.3. The van der Waals surface area contributed by atoms with Gasteiger partial charge in [0.15, 0.2) is 0 Å². The number of para-hydroxylation sites is 1. The molecule has 0 spiro atoms. The minimum atomic E-state index is -4.18. The van der Waals surface area contributed by atoms with Gasteiger partial charge in [0, 0.05) is 22.7 Å². The summed E-state index contributed by atoms with van der Waals surface area (Å²) in [4.78, 5) is 0.571. The van der Waals surface area contributed by atoms with Crippen LogP contribution in [0.4, 0.5) is 18.9 Å². The van der Waals surface area contributed by atoms with Crippen LogP contribution in [0.15, 0.2) is 33.7 Å². The summed E-state index contributed by atoms with van der Waals surface area (Å²) in [5, 5.41) is 7.00. The number of aromatic nitrogens is 1. The van der Waals surface area contributed by atoms with E-state index in [4.69, 9.17) is 4.52 Å². The standard InChI is InChI=1S/C14H15F3N2OS/c1-9-11(10(2)20-19-9)7-18-12-5-3-4-6-13(12)21-8-14(15,16)17/h3-6,18H,7-8H2,1-2H3. The van der Waals surface area contributed by atoms with Crippen molar-refractivity contribution in [3.63, 3.8) is 0 Å². The van der Waals surface area contributed by atoms with Gasteiger partial charge in [0.05, 0.1) is 11.4 Å². The minimum Gasteiger partial charge on any atom is -0.380 e. The molecule has 0 aliphatic rings. The van der Waals surface area contributed by atoms with Gasteiger partial charge >= 0.3 is 6.18 Å². The predicted molar refractivity (Wildman–Crippen MR) is 76.5 cm³/mol. The van der Waals surface area contributed by atoms with Gasteiger partial charge in [0.25, 0.3) is 0 Å². The highest BCUT2D eigenvalue weighted by Gasteiger charge is 2.27. The molecule has 0 amide bonds. The van der Waals surface area contributed by atoms with Gasteiger partial charge in [-0.25, -0.2) is 0 Å². The molecule has 0 unspecified atom stereocenters. The number of benzene rings is 1. The molecule has 0 aliphatic heterocycles. The van der Waals surface area contributed by atoms with Gasteiger partial charge in [-0.3, -0.25) is 0 Å². The first kappa shape index (κ1) is 15.8. The van der Waals surface area contributed by atoms with Crippen LogP contribution in [-0.2, 0) is 6.54 Å². The number of thioether (sulfide) groups is 1. The molecule has 0 radical (unpaired) electrons. The molecule has 0 saturated heterocycles. The fraction of sp³-hybridized carbons (Fsp3) is 0.357. The maximum Gasteiger partial charge on any atom is 0.398 e. The Balaban J connectivity index is 2.06. The lowest BCUT2D eigenvalue weighted by molar-refractivity contribution is -0.105. The fourth-order valence-corrected chi connectivity index (χ4v) is 2.63. The predicted octanol–water partition coefficient (Wildman–Crippen LogP) is 4.56. The number of alkyl halides is 3. The van der Waals surface area contributed by atoms with E-state index in [2.05, 4.69) is 10.5 Å². The number of halogens is 3. The van der Waals surface area contributed by atoms with E-state index in [1.54, 1.807) is 31.2 Å². The van der Waals surface area contributed by atoms with Crippen LogP contribution in [0.1, 0.15) is 17.0 Å². The van der Waals surface area contributed by atoms with Crippen LogP contribution in [0.5, 0.6) is 0 Å². The van der Waals surface area contributed by atoms with Crippen LogP contribution in [0.3, 0.4) is 0 Å². The molecular weight excluding hydrogens is 301 g/mol. The Hall–Kier alpha value is -1.63. The summed E-state index contributed by atoms with van der Waals surface area (Å²) in [6, 6.07) is 6.94. The van der Waals surface area contributed by atoms with Gasteiger partial charge in [-0.2, -0.15) is 13.2 Å². The summed E-state index contributed by atoms with van der Waals surface area (Å²) in [7, 11) is 0. The monoisotopic (exact) mass is 316 g/mol. The van der Waals surface area contributed by atoms with Crippen LogP contribution in [0.25, 0.3) is 0 Å². The zero-order valence-corrected chi connectivity index (χ0v) is 12.4. The fourth-order valence-electron chi connectivity index (χ4n) is 1.84. The van der Waals surface area contributed by atoms with Gasteiger partial charge in [-0.1, -0.05) is 17.3 Å². The van der Waals surface area contributed by atoms with Crippen molar-refractivity contribution in [2.24, 2.45) is 0 Å². The summed E-state index contributed by atoms with van der Waals surface area (Å²) in [6.07, 6.45) is -4.18. The van der Waals surface area contributed by atoms with Crippen molar-refractivity contribution in [3.05, 3.63) is 41.3 Å². The third-order valence-electron chi connectivity index (χ3n) is 2.92. The minimum absolute atomic E-state index is 0.463. The molecule has 3 nitrogen and oxygen atoms in total. The van der Waals surface area contributed by atoms with Gasteiger partial charge in [-0.05, 0) is 26.0 Å². The van der Waals surface area contributed by atoms with Crippen molar-refractivity contribution in [1.82, 2.24) is 5.16 Å². The van der Waals surface area contributed by atoms with Crippen LogP contribution in [0.2, 0.25) is 0 Å². The molecule has 7 heteroatoms. The first-order chi connectivity index (χ1) is 9.87. The molecule has 1 aromatic heterocycles. The lowest BCUT2D eigenvalue weighted by Crippen LogP contribution is -2.11. The SMILES string of the molecule is Cc1noc(C)c1CNc1ccccc1SCC(F)(F)F. The average Bonchev–Trinajstić information content (AvgIpc) is 2.74. The third kappa shape index (κ3) is 4.42. The Kier molecular flexibility index (Phi) is 4.82. The molecule has 2 rings (SSSR count). The van der Waals surface area contributed by atoms with Gasteiger partial charge in [0.1, 0.15) is 5.76 Å². The number of hydrogen-bond donors (Lipinski definition) is 1. The normalized spacial score (nSPS) is 11.7. The summed E-state index contributed by atoms with van der Waals surface area (Å²) in [5.74, 6) is -0.197. The quantitative estimate of drug-likeness (QED) is 0.821. The number of nitrogens with one attached hydrogen (secondary N) is 1. The molecule has 0 saturated carbocycles. The number of hydrogen-bond acceptors (Lipinski definition) is 4. The molecule has 0 bridgehead atoms. The second kappa shape index (κ2) is 6.43. The van der Waals surface area contributed by atoms with Crippen LogP contribution in [-0.4, -0.2) is 17.1 Å². The van der Waals surface area contributed by atoms with Gasteiger partial charge < -0.3 is 9.84 Å². The zero-order chi connectivity index (χ0) is 15.5. The van der Waals surface area contributed by atoms with Crippen molar-refractivity contribution < 1.29 is 17.7 Å². The molecule has 0 fully saturated rings. The molecule has 114 valence electrons. The Bertz CT molecular complexity index is 591. The highest BCUT2D eigenvalue weighted by molar-refractivity contribution is 7.99. The average molecular weight is 316 g/mol. The van der Waals surface area contributed by atoms with E-state index in [0.29, 0.717) is 22.9 Å². The lowest BCUT2D eigenvalue weighted by Gasteiger charge is -2.12. The highest BCUT2D eigenvalue weighted by atomic mass is 32.2. The third-order valence-corrected chi connectivity index (χ3v) is 4.05. The Morgan fingerprint density at radius 1 is 1.24 bits per heavy atom. The van der Waals surface area contributed by atoms with Crippen molar-refractivity contribution in [1.29, 1.82) is 0 Å². The number of anilines is 1. The maximum absolute atomic E-state index is 12.3. The number of nitrogens with zero attached hydrogens (tertiary/aromatic N) is 1. The molecule has 1 heterocycles. The smallest absolute Gasteiger partial charge is 0.380 e. The van der Waals surface area contributed by atoms with Crippen LogP contribution < -0.4 is 5.32 Å². The Labute approximate surface area is 124 Å². The second-order valence-corrected chi connectivity index (χ2v) is 5.57. The van der Waals surface area contributed by atoms with Crippen molar-refractivity contribution in [2.75, 3.05) is 11.1 Å². The first-order valence-electron chi connectivity index (χ1n) is 6.31. The molecule has 1 N–H and O–H groups in total. The van der Waals surface area contributed by atoms with E-state index in [1.165, 1.54) is 0 Å². The zero-order valence-electron chi connectivity index (χ0n) is 11.6. The van der Waals surface area contributed by atoms with Crippen LogP contribution in [0, 0.1) is 13.8 Å². The molecule has 2 aromatic rings. The van der Waals surface area contributed by atoms with E-state index >= 15 is 0 Å². The molecule has 21 heavy (non-hydrogen) atoms. The van der Waals surface area contributed by atoms with Crippen molar-refractivity contribution in [3.8, 4) is 0 Å². The van der Waals surface area contributed by atoms with Crippen molar-refractivity contribution in [2.45, 2.75) is 31.5 Å². The first-order valence-corrected chi connectivity index (χ1v) is 7.29. The molecule has 1 aromatic carbocycles. The van der Waals surface area contributed by atoms with E-state index in [-0.39, 0.29) is 0 Å². The number of rotatable bonds is 5. The topological polar surface area (TPSA) is 38.1 Å². The summed E-state index contributed by atoms with van der Waals surface area (Å²) in [6.45, 7) is 4.10. The Morgan fingerprint density at radius 3 is 2.57 bits per heavy atom. The van der Waals surface area contributed by atoms with Gasteiger partial charge in [-0.15, -0.1) is 11.8 Å². The van der Waals surface area contributed by atoms with E-state index < -0.39 is 11.9 Å². The van der Waals surface area contributed by atoms with E-state index in [1.807, 2.05) is 6.92 Å². The molecular formula is C14H15F3N2OS. The largest absolute Gasteiger partial charge is 0.398 e. The lowest BCUT2D eigenvalue weighted by atomic mass is 10.2. The summed E-state index contributed by atoms with van der Waals surface area (Å²) >= 11 is 0.773. The van der Waals surface area contributed by atoms with Crippen molar-refractivity contribution >= 4 is 17.4 Å². The molecule has 0 aliphatic carbocycles.